The number of rotatable bonds is 7. The number of aromatic nitrogens is 1. The molecule has 0 bridgehead atoms. The molecular formula is C60H40N2. The van der Waals surface area contributed by atoms with Crippen LogP contribution in [-0.4, -0.2) is 4.57 Å². The molecule has 0 N–H and O–H groups in total. The highest BCUT2D eigenvalue weighted by Gasteiger charge is 2.20. The molecule has 12 rings (SSSR count). The maximum Gasteiger partial charge on any atom is 0.0541 e. The predicted molar refractivity (Wildman–Crippen MR) is 264 cm³/mol. The molecule has 0 aliphatic rings. The standard InChI is InChI=1S/C60H40N2/c1-3-26-49-41(16-1)18-14-32-51(49)45-22-13-24-47(40-45)61(60-37-36-54(53-28-5-6-29-55(53)60)52-33-15-19-42-17-2-4-27-50(42)52)46-23-11-20-43(38-46)44-21-12-25-48(39-44)62-58-34-9-7-30-56(58)57-31-8-10-35-59(57)62/h1-40H. The van der Waals surface area contributed by atoms with E-state index in [1.807, 2.05) is 0 Å². The highest BCUT2D eigenvalue weighted by atomic mass is 15.1. The molecule has 0 unspecified atom stereocenters. The molecule has 0 saturated carbocycles. The Hall–Kier alpha value is -8.20. The van der Waals surface area contributed by atoms with Crippen molar-refractivity contribution in [2.75, 3.05) is 4.90 Å². The molecule has 0 amide bonds. The fourth-order valence-corrected chi connectivity index (χ4v) is 9.74. The zero-order chi connectivity index (χ0) is 41.0. The molecule has 1 heterocycles. The summed E-state index contributed by atoms with van der Waals surface area (Å²) < 4.78 is 2.40. The van der Waals surface area contributed by atoms with Gasteiger partial charge in [0.05, 0.1) is 16.7 Å². The normalized spacial score (nSPS) is 11.5. The molecule has 2 heteroatoms. The molecule has 0 radical (unpaired) electrons. The molecule has 0 fully saturated rings. The van der Waals surface area contributed by atoms with Gasteiger partial charge in [0.1, 0.15) is 0 Å². The molecule has 0 saturated heterocycles. The maximum atomic E-state index is 2.45. The Balaban J connectivity index is 1.05. The molecule has 0 aliphatic heterocycles. The molecule has 0 spiro atoms. The van der Waals surface area contributed by atoms with Crippen LogP contribution in [0.15, 0.2) is 243 Å². The minimum absolute atomic E-state index is 1.09. The van der Waals surface area contributed by atoms with E-state index in [0.29, 0.717) is 0 Å². The summed E-state index contributed by atoms with van der Waals surface area (Å²) in [6, 6.07) is 88.6. The SMILES string of the molecule is c1cc(-c2cccc(-n3c4ccccc4c4ccccc43)c2)cc(N(c2cccc(-c3cccc4ccccc34)c2)c2ccc(-c3cccc4ccccc34)c3ccccc23)c1. The van der Waals surface area contributed by atoms with Crippen molar-refractivity contribution in [1.29, 1.82) is 0 Å². The molecule has 0 aliphatic carbocycles. The monoisotopic (exact) mass is 788 g/mol. The van der Waals surface area contributed by atoms with Gasteiger partial charge in [0.15, 0.2) is 0 Å². The first-order valence-corrected chi connectivity index (χ1v) is 21.3. The topological polar surface area (TPSA) is 8.17 Å². The van der Waals surface area contributed by atoms with E-state index in [4.69, 9.17) is 0 Å². The van der Waals surface area contributed by atoms with Gasteiger partial charge < -0.3 is 9.47 Å². The smallest absolute Gasteiger partial charge is 0.0541 e. The Labute approximate surface area is 360 Å². The zero-order valence-corrected chi connectivity index (χ0v) is 34.0. The van der Waals surface area contributed by atoms with Crippen LogP contribution < -0.4 is 4.90 Å². The quantitative estimate of drug-likeness (QED) is 0.156. The highest BCUT2D eigenvalue weighted by molar-refractivity contribution is 6.11. The number of anilines is 3. The second-order valence-corrected chi connectivity index (χ2v) is 16.1. The average Bonchev–Trinajstić information content (AvgIpc) is 3.68. The summed E-state index contributed by atoms with van der Waals surface area (Å²) >= 11 is 0. The fourth-order valence-electron chi connectivity index (χ4n) is 9.74. The fraction of sp³-hybridized carbons (Fsp3) is 0. The van der Waals surface area contributed by atoms with Gasteiger partial charge in [-0.15, -0.1) is 0 Å². The maximum absolute atomic E-state index is 2.45. The van der Waals surface area contributed by atoms with Crippen molar-refractivity contribution >= 4 is 71.2 Å². The van der Waals surface area contributed by atoms with Crippen LogP contribution in [0, 0.1) is 0 Å². The summed E-state index contributed by atoms with van der Waals surface area (Å²) in [6.07, 6.45) is 0. The molecule has 0 atom stereocenters. The largest absolute Gasteiger partial charge is 0.310 e. The van der Waals surface area contributed by atoms with Crippen molar-refractivity contribution in [1.82, 2.24) is 4.57 Å². The van der Waals surface area contributed by atoms with Crippen molar-refractivity contribution in [3.63, 3.8) is 0 Å². The van der Waals surface area contributed by atoms with Crippen LogP contribution in [0.2, 0.25) is 0 Å². The lowest BCUT2D eigenvalue weighted by Gasteiger charge is -2.28. The van der Waals surface area contributed by atoms with Gasteiger partial charge in [-0.3, -0.25) is 0 Å². The second kappa shape index (κ2) is 14.8. The number of benzene rings is 11. The van der Waals surface area contributed by atoms with Crippen molar-refractivity contribution in [3.8, 4) is 39.1 Å². The van der Waals surface area contributed by atoms with E-state index in [2.05, 4.69) is 252 Å². The van der Waals surface area contributed by atoms with Crippen LogP contribution in [0.3, 0.4) is 0 Å². The number of fused-ring (bicyclic) bond motifs is 6. The van der Waals surface area contributed by atoms with Crippen LogP contribution in [0.5, 0.6) is 0 Å². The first-order chi connectivity index (χ1) is 30.8. The molecule has 62 heavy (non-hydrogen) atoms. The Kier molecular flexibility index (Phi) is 8.53. The third-order valence-electron chi connectivity index (χ3n) is 12.5. The number of hydrogen-bond acceptors (Lipinski definition) is 1. The first-order valence-electron chi connectivity index (χ1n) is 21.3. The summed E-state index contributed by atoms with van der Waals surface area (Å²) in [6.45, 7) is 0. The summed E-state index contributed by atoms with van der Waals surface area (Å²) in [5.74, 6) is 0. The van der Waals surface area contributed by atoms with E-state index in [1.165, 1.54) is 76.4 Å². The van der Waals surface area contributed by atoms with E-state index in [9.17, 15) is 0 Å². The Morgan fingerprint density at radius 2 is 0.726 bits per heavy atom. The van der Waals surface area contributed by atoms with Gasteiger partial charge in [0.25, 0.3) is 0 Å². The Morgan fingerprint density at radius 3 is 1.40 bits per heavy atom. The average molecular weight is 789 g/mol. The first kappa shape index (κ1) is 35.7. The number of nitrogens with zero attached hydrogens (tertiary/aromatic N) is 2. The third-order valence-corrected chi connectivity index (χ3v) is 12.5. The van der Waals surface area contributed by atoms with Gasteiger partial charge in [-0.05, 0) is 115 Å². The van der Waals surface area contributed by atoms with E-state index in [1.54, 1.807) is 0 Å². The lowest BCUT2D eigenvalue weighted by Crippen LogP contribution is -2.11. The predicted octanol–water partition coefficient (Wildman–Crippen LogP) is 16.7. The van der Waals surface area contributed by atoms with E-state index >= 15 is 0 Å². The summed E-state index contributed by atoms with van der Waals surface area (Å²) in [5.41, 5.74) is 14.0. The van der Waals surface area contributed by atoms with Crippen LogP contribution in [0.4, 0.5) is 17.1 Å². The van der Waals surface area contributed by atoms with Gasteiger partial charge in [-0.2, -0.15) is 0 Å². The van der Waals surface area contributed by atoms with Crippen molar-refractivity contribution in [2.24, 2.45) is 0 Å². The van der Waals surface area contributed by atoms with Gasteiger partial charge in [0, 0.05) is 33.2 Å². The van der Waals surface area contributed by atoms with E-state index in [-0.39, 0.29) is 0 Å². The molecule has 1 aromatic heterocycles. The van der Waals surface area contributed by atoms with Gasteiger partial charge in [-0.25, -0.2) is 0 Å². The van der Waals surface area contributed by atoms with Crippen LogP contribution in [0.1, 0.15) is 0 Å². The Bertz CT molecular complexity index is 3600. The van der Waals surface area contributed by atoms with Crippen LogP contribution >= 0.6 is 0 Å². The Morgan fingerprint density at radius 1 is 0.274 bits per heavy atom. The van der Waals surface area contributed by atoms with Crippen molar-refractivity contribution in [2.45, 2.75) is 0 Å². The highest BCUT2D eigenvalue weighted by Crippen LogP contribution is 2.45. The van der Waals surface area contributed by atoms with Gasteiger partial charge in [-0.1, -0.05) is 188 Å². The molecule has 2 nitrogen and oxygen atoms in total. The zero-order valence-electron chi connectivity index (χ0n) is 34.0. The van der Waals surface area contributed by atoms with E-state index < -0.39 is 0 Å². The number of hydrogen-bond donors (Lipinski definition) is 0. The molecule has 290 valence electrons. The lowest BCUT2D eigenvalue weighted by atomic mass is 9.92. The van der Waals surface area contributed by atoms with E-state index in [0.717, 1.165) is 33.9 Å². The van der Waals surface area contributed by atoms with Crippen LogP contribution in [0.25, 0.3) is 93.2 Å². The summed E-state index contributed by atoms with van der Waals surface area (Å²) in [7, 11) is 0. The molecule has 11 aromatic carbocycles. The number of para-hydroxylation sites is 2. The van der Waals surface area contributed by atoms with Gasteiger partial charge in [0.2, 0.25) is 0 Å². The lowest BCUT2D eigenvalue weighted by molar-refractivity contribution is 1.18. The molecular weight excluding hydrogens is 749 g/mol. The minimum Gasteiger partial charge on any atom is -0.310 e. The third kappa shape index (κ3) is 5.96. The second-order valence-electron chi connectivity index (χ2n) is 16.1. The summed E-state index contributed by atoms with van der Waals surface area (Å²) in [5, 5.41) is 9.89. The van der Waals surface area contributed by atoms with Crippen LogP contribution in [-0.2, 0) is 0 Å². The minimum atomic E-state index is 1.09. The molecule has 12 aromatic rings. The van der Waals surface area contributed by atoms with Crippen molar-refractivity contribution < 1.29 is 0 Å². The van der Waals surface area contributed by atoms with Gasteiger partial charge >= 0.3 is 0 Å². The van der Waals surface area contributed by atoms with Crippen molar-refractivity contribution in [3.05, 3.63) is 243 Å². The summed E-state index contributed by atoms with van der Waals surface area (Å²) in [4.78, 5) is 2.45.